The zero-order valence-electron chi connectivity index (χ0n) is 20.3. The Morgan fingerprint density at radius 2 is 1.83 bits per heavy atom. The molecule has 2 unspecified atom stereocenters. The topological polar surface area (TPSA) is 142 Å². The van der Waals surface area contributed by atoms with Gasteiger partial charge in [-0.2, -0.15) is 0 Å². The van der Waals surface area contributed by atoms with E-state index in [2.05, 4.69) is 10.6 Å². The van der Waals surface area contributed by atoms with Crippen molar-refractivity contribution in [2.45, 2.75) is 57.4 Å². The average molecular weight is 493 g/mol. The fourth-order valence-corrected chi connectivity index (χ4v) is 5.47. The largest absolute Gasteiger partial charge is 0.478 e. The van der Waals surface area contributed by atoms with Crippen LogP contribution in [0.5, 0.6) is 0 Å². The van der Waals surface area contributed by atoms with Gasteiger partial charge in [-0.05, 0) is 73.4 Å². The summed E-state index contributed by atoms with van der Waals surface area (Å²) < 4.78 is 0. The molecule has 1 heterocycles. The minimum Gasteiger partial charge on any atom is -0.478 e. The molecule has 2 aromatic carbocycles. The third kappa shape index (κ3) is 5.67. The molecule has 0 saturated heterocycles. The van der Waals surface area contributed by atoms with Crippen molar-refractivity contribution in [3.8, 4) is 0 Å². The van der Waals surface area contributed by atoms with E-state index in [4.69, 9.17) is 5.73 Å². The molecule has 2 aromatic rings. The number of urea groups is 1. The van der Waals surface area contributed by atoms with Gasteiger partial charge in [-0.15, -0.1) is 0 Å². The summed E-state index contributed by atoms with van der Waals surface area (Å²) in [6.45, 7) is 1.65. The van der Waals surface area contributed by atoms with E-state index in [9.17, 15) is 24.3 Å². The average Bonchev–Trinajstić information content (AvgIpc) is 2.95. The summed E-state index contributed by atoms with van der Waals surface area (Å²) in [6.07, 6.45) is 5.93. The molecule has 36 heavy (non-hydrogen) atoms. The second-order valence-electron chi connectivity index (χ2n) is 9.73. The number of aryl methyl sites for hydroxylation is 1. The highest BCUT2D eigenvalue weighted by Gasteiger charge is 2.39. The second kappa shape index (κ2) is 10.8. The van der Waals surface area contributed by atoms with Crippen LogP contribution in [-0.4, -0.2) is 41.5 Å². The van der Waals surface area contributed by atoms with E-state index in [0.717, 1.165) is 36.8 Å². The number of fused-ring (bicyclic) bond motifs is 1. The molecule has 2 atom stereocenters. The number of carboxylic acids is 1. The molecule has 4 amide bonds. The minimum absolute atomic E-state index is 0.0309. The molecule has 0 aromatic heterocycles. The number of benzene rings is 2. The molecule has 1 fully saturated rings. The Kier molecular flexibility index (Phi) is 7.57. The van der Waals surface area contributed by atoms with E-state index in [0.29, 0.717) is 23.7 Å². The van der Waals surface area contributed by atoms with Crippen LogP contribution < -0.4 is 21.3 Å². The smallest absolute Gasteiger partial charge is 0.335 e. The minimum atomic E-state index is -1.11. The van der Waals surface area contributed by atoms with Crippen molar-refractivity contribution in [1.82, 2.24) is 5.32 Å². The van der Waals surface area contributed by atoms with Crippen molar-refractivity contribution in [1.29, 1.82) is 0 Å². The SMILES string of the molecule is Cc1ccc2c(c1)N(CC(N)=O)C(=O)C(NC(=O)Nc1cccc(C(=O)O)c1)CC2C1CCCCC1. The van der Waals surface area contributed by atoms with Crippen molar-refractivity contribution in [3.05, 3.63) is 59.2 Å². The van der Waals surface area contributed by atoms with E-state index in [1.807, 2.05) is 25.1 Å². The molecule has 1 aliphatic carbocycles. The Bertz CT molecular complexity index is 1170. The first-order chi connectivity index (χ1) is 17.2. The van der Waals surface area contributed by atoms with E-state index in [-0.39, 0.29) is 18.0 Å². The summed E-state index contributed by atoms with van der Waals surface area (Å²) >= 11 is 0. The summed E-state index contributed by atoms with van der Waals surface area (Å²) in [5.41, 5.74) is 8.48. The number of amides is 4. The normalized spacial score (nSPS) is 20.2. The van der Waals surface area contributed by atoms with Gasteiger partial charge in [0, 0.05) is 11.4 Å². The number of rotatable bonds is 6. The molecule has 0 radical (unpaired) electrons. The molecule has 0 spiro atoms. The molecular weight excluding hydrogens is 460 g/mol. The van der Waals surface area contributed by atoms with Crippen LogP contribution in [0.15, 0.2) is 42.5 Å². The Hall–Kier alpha value is -3.88. The van der Waals surface area contributed by atoms with E-state index in [1.54, 1.807) is 6.07 Å². The third-order valence-electron chi connectivity index (χ3n) is 7.14. The Morgan fingerprint density at radius 3 is 2.53 bits per heavy atom. The standard InChI is InChI=1S/C27H32N4O5/c1-16-10-11-20-21(17-6-3-2-4-7-17)14-22(25(33)31(15-24(28)32)23(20)12-16)30-27(36)29-19-9-5-8-18(13-19)26(34)35/h5,8-13,17,21-22H,2-4,6-7,14-15H2,1H3,(H2,28,32)(H,34,35)(H2,29,30,36). The number of carbonyl (C=O) groups is 4. The van der Waals surface area contributed by atoms with Gasteiger partial charge < -0.3 is 26.4 Å². The summed E-state index contributed by atoms with van der Waals surface area (Å²) in [6, 6.07) is 10.3. The zero-order chi connectivity index (χ0) is 25.8. The zero-order valence-corrected chi connectivity index (χ0v) is 20.3. The summed E-state index contributed by atoms with van der Waals surface area (Å²) in [5.74, 6) is -1.75. The van der Waals surface area contributed by atoms with Crippen LogP contribution in [0, 0.1) is 12.8 Å². The maximum atomic E-state index is 13.7. The highest BCUT2D eigenvalue weighted by Crippen LogP contribution is 2.44. The summed E-state index contributed by atoms with van der Waals surface area (Å²) in [7, 11) is 0. The van der Waals surface area contributed by atoms with Crippen LogP contribution in [0.25, 0.3) is 0 Å². The monoisotopic (exact) mass is 492 g/mol. The van der Waals surface area contributed by atoms with Crippen LogP contribution in [0.1, 0.15) is 65.9 Å². The lowest BCUT2D eigenvalue weighted by molar-refractivity contribution is -0.123. The number of nitrogens with zero attached hydrogens (tertiary/aromatic N) is 1. The number of primary amides is 1. The van der Waals surface area contributed by atoms with Crippen LogP contribution >= 0.6 is 0 Å². The first-order valence-corrected chi connectivity index (χ1v) is 12.3. The first-order valence-electron chi connectivity index (χ1n) is 12.3. The maximum Gasteiger partial charge on any atom is 0.335 e. The van der Waals surface area contributed by atoms with E-state index in [1.165, 1.54) is 29.5 Å². The third-order valence-corrected chi connectivity index (χ3v) is 7.14. The van der Waals surface area contributed by atoms with Crippen molar-refractivity contribution in [2.24, 2.45) is 11.7 Å². The van der Waals surface area contributed by atoms with Gasteiger partial charge in [0.1, 0.15) is 12.6 Å². The predicted octanol–water partition coefficient (Wildman–Crippen LogP) is 3.77. The van der Waals surface area contributed by atoms with Crippen molar-refractivity contribution < 1.29 is 24.3 Å². The first kappa shape index (κ1) is 25.2. The number of carboxylic acid groups (broad SMARTS) is 1. The predicted molar refractivity (Wildman–Crippen MR) is 136 cm³/mol. The lowest BCUT2D eigenvalue weighted by Gasteiger charge is -2.32. The van der Waals surface area contributed by atoms with Crippen molar-refractivity contribution in [3.63, 3.8) is 0 Å². The van der Waals surface area contributed by atoms with Gasteiger partial charge in [0.2, 0.25) is 11.8 Å². The van der Waals surface area contributed by atoms with Gasteiger partial charge in [0.25, 0.3) is 0 Å². The van der Waals surface area contributed by atoms with Gasteiger partial charge >= 0.3 is 12.0 Å². The van der Waals surface area contributed by atoms with E-state index < -0.39 is 29.9 Å². The van der Waals surface area contributed by atoms with Gasteiger partial charge in [0.15, 0.2) is 0 Å². The van der Waals surface area contributed by atoms with Gasteiger partial charge in [0.05, 0.1) is 5.56 Å². The molecule has 5 N–H and O–H groups in total. The number of hydrogen-bond acceptors (Lipinski definition) is 4. The van der Waals surface area contributed by atoms with E-state index >= 15 is 0 Å². The number of anilines is 2. The van der Waals surface area contributed by atoms with Crippen LogP contribution in [0.2, 0.25) is 0 Å². The molecule has 4 rings (SSSR count). The number of nitrogens with one attached hydrogen (secondary N) is 2. The summed E-state index contributed by atoms with van der Waals surface area (Å²) in [5, 5.41) is 14.6. The molecule has 190 valence electrons. The molecule has 9 heteroatoms. The number of aromatic carboxylic acids is 1. The molecule has 9 nitrogen and oxygen atoms in total. The lowest BCUT2D eigenvalue weighted by atomic mass is 9.74. The van der Waals surface area contributed by atoms with Crippen LogP contribution in [0.4, 0.5) is 16.2 Å². The number of nitrogens with two attached hydrogens (primary N) is 1. The highest BCUT2D eigenvalue weighted by molar-refractivity contribution is 6.05. The van der Waals surface area contributed by atoms with Crippen LogP contribution in [-0.2, 0) is 9.59 Å². The van der Waals surface area contributed by atoms with Gasteiger partial charge in [-0.1, -0.05) is 37.5 Å². The number of hydrogen-bond donors (Lipinski definition) is 4. The number of carbonyl (C=O) groups excluding carboxylic acids is 3. The quantitative estimate of drug-likeness (QED) is 0.486. The Morgan fingerprint density at radius 1 is 1.08 bits per heavy atom. The Labute approximate surface area is 210 Å². The maximum absolute atomic E-state index is 13.7. The van der Waals surface area contributed by atoms with Crippen LogP contribution in [0.3, 0.4) is 0 Å². The molecular formula is C27H32N4O5. The molecule has 0 bridgehead atoms. The van der Waals surface area contributed by atoms with Crippen molar-refractivity contribution in [2.75, 3.05) is 16.8 Å². The molecule has 2 aliphatic rings. The Balaban J connectivity index is 1.65. The van der Waals surface area contributed by atoms with Gasteiger partial charge in [-0.3, -0.25) is 9.59 Å². The fraction of sp³-hybridized carbons (Fsp3) is 0.407. The van der Waals surface area contributed by atoms with Crippen molar-refractivity contribution >= 4 is 35.2 Å². The van der Waals surface area contributed by atoms with Gasteiger partial charge in [-0.25, -0.2) is 9.59 Å². The fourth-order valence-electron chi connectivity index (χ4n) is 5.47. The lowest BCUT2D eigenvalue weighted by Crippen LogP contribution is -2.51. The molecule has 1 aliphatic heterocycles. The molecule has 1 saturated carbocycles. The highest BCUT2D eigenvalue weighted by atomic mass is 16.4. The summed E-state index contributed by atoms with van der Waals surface area (Å²) in [4.78, 5) is 51.2. The second-order valence-corrected chi connectivity index (χ2v) is 9.73.